The molecule has 0 aliphatic carbocycles. The third-order valence-electron chi connectivity index (χ3n) is 4.86. The van der Waals surface area contributed by atoms with Crippen LogP contribution in [0.3, 0.4) is 0 Å². The molecule has 1 N–H and O–H groups in total. The maximum Gasteiger partial charge on any atom is 0.254 e. The summed E-state index contributed by atoms with van der Waals surface area (Å²) in [6, 6.07) is 11.3. The van der Waals surface area contributed by atoms with Crippen molar-refractivity contribution in [1.82, 2.24) is 15.1 Å². The van der Waals surface area contributed by atoms with Crippen molar-refractivity contribution >= 4 is 17.5 Å². The largest absolute Gasteiger partial charge is 0.423 e. The van der Waals surface area contributed by atoms with Gasteiger partial charge in [0.2, 0.25) is 17.7 Å². The average molecular weight is 394 g/mol. The first kappa shape index (κ1) is 18.8. The lowest BCUT2D eigenvalue weighted by Gasteiger charge is -2.35. The van der Waals surface area contributed by atoms with Gasteiger partial charge < -0.3 is 14.6 Å². The van der Waals surface area contributed by atoms with Gasteiger partial charge in [-0.05, 0) is 29.3 Å². The molecule has 2 amide bonds. The van der Waals surface area contributed by atoms with Gasteiger partial charge in [0.25, 0.3) is 5.91 Å². The number of hydrogen-bond donors (Lipinski definition) is 1. The fourth-order valence-electron chi connectivity index (χ4n) is 3.51. The number of aromatic nitrogens is 2. The Bertz CT molecular complexity index is 1100. The van der Waals surface area contributed by atoms with E-state index in [1.165, 1.54) is 25.1 Å². The third-order valence-corrected chi connectivity index (χ3v) is 4.86. The lowest BCUT2D eigenvalue weighted by Crippen LogP contribution is -2.39. The first-order valence-corrected chi connectivity index (χ1v) is 9.17. The minimum absolute atomic E-state index is 0.0362. The van der Waals surface area contributed by atoms with E-state index in [0.717, 1.165) is 11.1 Å². The summed E-state index contributed by atoms with van der Waals surface area (Å²) in [5.74, 6) is -0.563. The van der Waals surface area contributed by atoms with E-state index >= 15 is 0 Å². The number of rotatable bonds is 3. The fourth-order valence-corrected chi connectivity index (χ4v) is 3.51. The number of amides is 2. The number of hydrogen-bond acceptors (Lipinski definition) is 5. The molecule has 3 aromatic rings. The van der Waals surface area contributed by atoms with E-state index in [0.29, 0.717) is 24.7 Å². The SMILES string of the molecule is CC(=O)Nc1cc(C(=O)N2Cc3ccccc3C[C@H]2c2nnc(C)o2)ccc1F. The van der Waals surface area contributed by atoms with Crippen LogP contribution in [0.5, 0.6) is 0 Å². The Hall–Kier alpha value is -3.55. The minimum Gasteiger partial charge on any atom is -0.423 e. The number of benzene rings is 2. The predicted octanol–water partition coefficient (Wildman–Crippen LogP) is 3.42. The summed E-state index contributed by atoms with van der Waals surface area (Å²) in [6.45, 7) is 3.33. The Morgan fingerprint density at radius 2 is 1.93 bits per heavy atom. The Morgan fingerprint density at radius 3 is 2.62 bits per heavy atom. The number of carbonyl (C=O) groups excluding carboxylic acids is 2. The van der Waals surface area contributed by atoms with E-state index in [4.69, 9.17) is 4.42 Å². The van der Waals surface area contributed by atoms with Crippen molar-refractivity contribution in [2.45, 2.75) is 32.9 Å². The highest BCUT2D eigenvalue weighted by atomic mass is 19.1. The van der Waals surface area contributed by atoms with Crippen molar-refractivity contribution in [1.29, 1.82) is 0 Å². The third kappa shape index (κ3) is 3.73. The van der Waals surface area contributed by atoms with Crippen LogP contribution in [0.25, 0.3) is 0 Å². The number of anilines is 1. The van der Waals surface area contributed by atoms with Crippen LogP contribution in [0, 0.1) is 12.7 Å². The maximum absolute atomic E-state index is 14.0. The van der Waals surface area contributed by atoms with Crippen molar-refractivity contribution in [2.75, 3.05) is 5.32 Å². The second-order valence-corrected chi connectivity index (χ2v) is 6.96. The molecular formula is C21H19FN4O3. The van der Waals surface area contributed by atoms with Gasteiger partial charge in [-0.1, -0.05) is 24.3 Å². The van der Waals surface area contributed by atoms with Crippen LogP contribution in [-0.4, -0.2) is 26.9 Å². The van der Waals surface area contributed by atoms with Gasteiger partial charge in [0, 0.05) is 32.4 Å². The van der Waals surface area contributed by atoms with E-state index in [1.807, 2.05) is 24.3 Å². The first-order chi connectivity index (χ1) is 13.9. The van der Waals surface area contributed by atoms with Crippen molar-refractivity contribution in [3.63, 3.8) is 0 Å². The zero-order chi connectivity index (χ0) is 20.5. The molecular weight excluding hydrogens is 375 g/mol. The van der Waals surface area contributed by atoms with Crippen LogP contribution in [0.1, 0.15) is 46.2 Å². The molecule has 0 radical (unpaired) electrons. The quantitative estimate of drug-likeness (QED) is 0.735. The van der Waals surface area contributed by atoms with Gasteiger partial charge >= 0.3 is 0 Å². The summed E-state index contributed by atoms with van der Waals surface area (Å²) < 4.78 is 19.6. The molecule has 0 saturated heterocycles. The van der Waals surface area contributed by atoms with Gasteiger partial charge in [-0.3, -0.25) is 9.59 Å². The van der Waals surface area contributed by atoms with Gasteiger partial charge in [-0.2, -0.15) is 0 Å². The van der Waals surface area contributed by atoms with Crippen LogP contribution in [-0.2, 0) is 17.8 Å². The van der Waals surface area contributed by atoms with Crippen molar-refractivity contribution < 1.29 is 18.4 Å². The number of nitrogens with zero attached hydrogens (tertiary/aromatic N) is 3. The molecule has 7 nitrogen and oxygen atoms in total. The van der Waals surface area contributed by atoms with E-state index in [-0.39, 0.29) is 17.2 Å². The summed E-state index contributed by atoms with van der Waals surface area (Å²) in [6.07, 6.45) is 0.531. The molecule has 1 aliphatic heterocycles. The highest BCUT2D eigenvalue weighted by Gasteiger charge is 2.35. The minimum atomic E-state index is -0.607. The molecule has 29 heavy (non-hydrogen) atoms. The lowest BCUT2D eigenvalue weighted by atomic mass is 9.93. The molecule has 0 unspecified atom stereocenters. The predicted molar refractivity (Wildman–Crippen MR) is 102 cm³/mol. The maximum atomic E-state index is 14.0. The van der Waals surface area contributed by atoms with Crippen LogP contribution >= 0.6 is 0 Å². The van der Waals surface area contributed by atoms with Gasteiger partial charge in [-0.25, -0.2) is 4.39 Å². The molecule has 0 saturated carbocycles. The summed E-state index contributed by atoms with van der Waals surface area (Å²) in [5, 5.41) is 10.4. The standard InChI is InChI=1S/C21H19FN4O3/c1-12(27)23-18-9-15(7-8-17(18)22)21(28)26-11-16-6-4-3-5-14(16)10-19(26)20-25-24-13(2)29-20/h3-9,19H,10-11H2,1-2H3,(H,23,27)/t19-/m0/s1. The van der Waals surface area contributed by atoms with Crippen LogP contribution in [0.4, 0.5) is 10.1 Å². The molecule has 4 rings (SSSR count). The summed E-state index contributed by atoms with van der Waals surface area (Å²) in [5.41, 5.74) is 2.36. The van der Waals surface area contributed by atoms with Crippen LogP contribution in [0.2, 0.25) is 0 Å². The monoisotopic (exact) mass is 394 g/mol. The van der Waals surface area contributed by atoms with Crippen molar-refractivity contribution in [3.8, 4) is 0 Å². The Kier molecular flexibility index (Phi) is 4.84. The van der Waals surface area contributed by atoms with Crippen molar-refractivity contribution in [2.24, 2.45) is 0 Å². The van der Waals surface area contributed by atoms with Crippen molar-refractivity contribution in [3.05, 3.63) is 76.8 Å². The summed E-state index contributed by atoms with van der Waals surface area (Å²) in [4.78, 5) is 26.3. The average Bonchev–Trinajstić information content (AvgIpc) is 3.14. The number of aryl methyl sites for hydroxylation is 1. The van der Waals surface area contributed by atoms with Crippen LogP contribution in [0.15, 0.2) is 46.9 Å². The van der Waals surface area contributed by atoms with E-state index < -0.39 is 17.8 Å². The molecule has 2 heterocycles. The van der Waals surface area contributed by atoms with Gasteiger partial charge in [0.15, 0.2) is 0 Å². The number of carbonyl (C=O) groups is 2. The Morgan fingerprint density at radius 1 is 1.17 bits per heavy atom. The Labute approximate surface area is 166 Å². The zero-order valence-electron chi connectivity index (χ0n) is 16.0. The molecule has 8 heteroatoms. The summed E-state index contributed by atoms with van der Waals surface area (Å²) >= 11 is 0. The molecule has 0 fully saturated rings. The fraction of sp³-hybridized carbons (Fsp3) is 0.238. The molecule has 0 bridgehead atoms. The lowest BCUT2D eigenvalue weighted by molar-refractivity contribution is -0.114. The van der Waals surface area contributed by atoms with Gasteiger partial charge in [0.05, 0.1) is 5.69 Å². The van der Waals surface area contributed by atoms with E-state index in [9.17, 15) is 14.0 Å². The van der Waals surface area contributed by atoms with Crippen LogP contribution < -0.4 is 5.32 Å². The van der Waals surface area contributed by atoms with E-state index in [1.54, 1.807) is 11.8 Å². The second kappa shape index (κ2) is 7.46. The molecule has 148 valence electrons. The summed E-state index contributed by atoms with van der Waals surface area (Å²) in [7, 11) is 0. The zero-order valence-corrected chi connectivity index (χ0v) is 16.0. The second-order valence-electron chi connectivity index (χ2n) is 6.96. The topological polar surface area (TPSA) is 88.3 Å². The van der Waals surface area contributed by atoms with Gasteiger partial charge in [0.1, 0.15) is 11.9 Å². The van der Waals surface area contributed by atoms with Gasteiger partial charge in [-0.15, -0.1) is 10.2 Å². The first-order valence-electron chi connectivity index (χ1n) is 9.17. The number of fused-ring (bicyclic) bond motifs is 1. The molecule has 0 spiro atoms. The van der Waals surface area contributed by atoms with E-state index in [2.05, 4.69) is 15.5 Å². The molecule has 1 aliphatic rings. The highest BCUT2D eigenvalue weighted by Crippen LogP contribution is 2.34. The Balaban J connectivity index is 1.72. The molecule has 2 aromatic carbocycles. The normalized spacial score (nSPS) is 15.7. The molecule has 1 atom stereocenters. The smallest absolute Gasteiger partial charge is 0.254 e. The number of nitrogens with one attached hydrogen (secondary N) is 1. The number of halogens is 1. The highest BCUT2D eigenvalue weighted by molar-refractivity contribution is 5.97. The molecule has 1 aromatic heterocycles.